The Balaban J connectivity index is 1.86. The van der Waals surface area contributed by atoms with Gasteiger partial charge in [-0.15, -0.1) is 0 Å². The molecule has 1 aromatic heterocycles. The van der Waals surface area contributed by atoms with Gasteiger partial charge >= 0.3 is 0 Å². The van der Waals surface area contributed by atoms with E-state index >= 15 is 0 Å². The van der Waals surface area contributed by atoms with E-state index in [0.29, 0.717) is 12.1 Å². The smallest absolute Gasteiger partial charge is 0.254 e. The van der Waals surface area contributed by atoms with Gasteiger partial charge in [-0.3, -0.25) is 9.59 Å². The van der Waals surface area contributed by atoms with Crippen molar-refractivity contribution in [1.29, 1.82) is 0 Å². The third-order valence-corrected chi connectivity index (χ3v) is 4.35. The Bertz CT molecular complexity index is 692. The quantitative estimate of drug-likeness (QED) is 0.883. The van der Waals surface area contributed by atoms with Crippen molar-refractivity contribution in [2.75, 3.05) is 6.54 Å². The number of H-pyrrole nitrogens is 1. The van der Waals surface area contributed by atoms with E-state index in [1.807, 2.05) is 37.4 Å². The summed E-state index contributed by atoms with van der Waals surface area (Å²) in [6.07, 6.45) is 3.43. The summed E-state index contributed by atoms with van der Waals surface area (Å²) in [6.45, 7) is 2.43. The number of benzene rings is 1. The van der Waals surface area contributed by atoms with Crippen LogP contribution in [0.4, 0.5) is 0 Å². The Hall–Kier alpha value is -2.30. The average Bonchev–Trinajstić information content (AvgIpc) is 2.94. The van der Waals surface area contributed by atoms with Gasteiger partial charge in [0.25, 0.3) is 5.91 Å². The number of primary amides is 1. The number of piperidine rings is 1. The second-order valence-corrected chi connectivity index (χ2v) is 5.76. The van der Waals surface area contributed by atoms with Crippen LogP contribution in [-0.4, -0.2) is 34.3 Å². The van der Waals surface area contributed by atoms with E-state index in [2.05, 4.69) is 4.98 Å². The second-order valence-electron chi connectivity index (χ2n) is 5.76. The highest BCUT2D eigenvalue weighted by atomic mass is 16.2. The van der Waals surface area contributed by atoms with Gasteiger partial charge in [0.1, 0.15) is 0 Å². The van der Waals surface area contributed by atoms with Gasteiger partial charge in [-0.1, -0.05) is 0 Å². The van der Waals surface area contributed by atoms with E-state index in [-0.39, 0.29) is 23.8 Å². The van der Waals surface area contributed by atoms with E-state index in [9.17, 15) is 9.59 Å². The van der Waals surface area contributed by atoms with Crippen molar-refractivity contribution in [2.45, 2.75) is 25.8 Å². The van der Waals surface area contributed by atoms with E-state index in [1.54, 1.807) is 4.90 Å². The molecule has 0 bridgehead atoms. The Kier molecular flexibility index (Phi) is 3.41. The summed E-state index contributed by atoms with van der Waals surface area (Å²) < 4.78 is 0. The molecule has 5 nitrogen and oxygen atoms in total. The maximum atomic E-state index is 12.7. The molecular weight excluding hydrogens is 266 g/mol. The van der Waals surface area contributed by atoms with E-state index in [4.69, 9.17) is 5.73 Å². The molecule has 2 heterocycles. The Morgan fingerprint density at radius 2 is 2.10 bits per heavy atom. The lowest BCUT2D eigenvalue weighted by atomic mass is 9.92. The minimum Gasteiger partial charge on any atom is -0.369 e. The number of amides is 2. The molecule has 1 aliphatic heterocycles. The molecule has 0 spiro atoms. The summed E-state index contributed by atoms with van der Waals surface area (Å²) in [4.78, 5) is 29.0. The molecule has 2 atom stereocenters. The van der Waals surface area contributed by atoms with Crippen molar-refractivity contribution in [1.82, 2.24) is 9.88 Å². The van der Waals surface area contributed by atoms with Crippen LogP contribution in [0.1, 0.15) is 30.1 Å². The highest BCUT2D eigenvalue weighted by molar-refractivity contribution is 5.98. The normalized spacial score (nSPS) is 22.4. The fourth-order valence-corrected chi connectivity index (χ4v) is 2.97. The molecule has 1 fully saturated rings. The predicted octanol–water partition coefficient (Wildman–Crippen LogP) is 1.89. The number of nitrogens with zero attached hydrogens (tertiary/aromatic N) is 1. The van der Waals surface area contributed by atoms with Crippen LogP contribution < -0.4 is 5.73 Å². The molecular formula is C16H19N3O2. The first-order valence-corrected chi connectivity index (χ1v) is 7.23. The summed E-state index contributed by atoms with van der Waals surface area (Å²) >= 11 is 0. The summed E-state index contributed by atoms with van der Waals surface area (Å²) in [5.41, 5.74) is 7.05. The molecule has 3 rings (SSSR count). The SMILES string of the molecule is CC1CCC(C(N)=O)CN1C(=O)c1ccc2[nH]ccc2c1. The van der Waals surface area contributed by atoms with Gasteiger partial charge in [0.2, 0.25) is 5.91 Å². The van der Waals surface area contributed by atoms with Gasteiger partial charge in [0.15, 0.2) is 0 Å². The molecule has 1 aromatic carbocycles. The molecule has 3 N–H and O–H groups in total. The van der Waals surface area contributed by atoms with Crippen molar-refractivity contribution in [2.24, 2.45) is 11.7 Å². The number of aromatic amines is 1. The molecule has 1 saturated heterocycles. The zero-order chi connectivity index (χ0) is 15.0. The Labute approximate surface area is 123 Å². The van der Waals surface area contributed by atoms with Crippen LogP contribution in [0.2, 0.25) is 0 Å². The lowest BCUT2D eigenvalue weighted by molar-refractivity contribution is -0.123. The molecule has 1 aliphatic rings. The van der Waals surface area contributed by atoms with Crippen LogP contribution in [-0.2, 0) is 4.79 Å². The molecule has 5 heteroatoms. The summed E-state index contributed by atoms with van der Waals surface area (Å²) in [5.74, 6) is -0.585. The number of rotatable bonds is 2. The number of fused-ring (bicyclic) bond motifs is 1. The van der Waals surface area contributed by atoms with Crippen LogP contribution in [0, 0.1) is 5.92 Å². The summed E-state index contributed by atoms with van der Waals surface area (Å²) in [7, 11) is 0. The fourth-order valence-electron chi connectivity index (χ4n) is 2.97. The molecule has 2 unspecified atom stereocenters. The molecule has 21 heavy (non-hydrogen) atoms. The van der Waals surface area contributed by atoms with E-state index in [1.165, 1.54) is 0 Å². The van der Waals surface area contributed by atoms with E-state index < -0.39 is 0 Å². The van der Waals surface area contributed by atoms with Crippen molar-refractivity contribution < 1.29 is 9.59 Å². The summed E-state index contributed by atoms with van der Waals surface area (Å²) in [5, 5.41) is 1.01. The zero-order valence-electron chi connectivity index (χ0n) is 12.0. The van der Waals surface area contributed by atoms with Gasteiger partial charge in [-0.2, -0.15) is 0 Å². The third-order valence-electron chi connectivity index (χ3n) is 4.35. The maximum absolute atomic E-state index is 12.7. The first-order valence-electron chi connectivity index (χ1n) is 7.23. The third kappa shape index (κ3) is 2.51. The van der Waals surface area contributed by atoms with Crippen LogP contribution in [0.15, 0.2) is 30.5 Å². The van der Waals surface area contributed by atoms with Crippen LogP contribution in [0.3, 0.4) is 0 Å². The number of carbonyl (C=O) groups is 2. The van der Waals surface area contributed by atoms with Crippen LogP contribution in [0.5, 0.6) is 0 Å². The van der Waals surface area contributed by atoms with Crippen LogP contribution in [0.25, 0.3) is 10.9 Å². The zero-order valence-corrected chi connectivity index (χ0v) is 12.0. The minimum absolute atomic E-state index is 0.0310. The Morgan fingerprint density at radius 1 is 1.29 bits per heavy atom. The van der Waals surface area contributed by atoms with Crippen molar-refractivity contribution in [3.8, 4) is 0 Å². The number of nitrogens with one attached hydrogen (secondary N) is 1. The molecule has 0 radical (unpaired) electrons. The largest absolute Gasteiger partial charge is 0.369 e. The first kappa shape index (κ1) is 13.7. The monoisotopic (exact) mass is 285 g/mol. The fraction of sp³-hybridized carbons (Fsp3) is 0.375. The number of nitrogens with two attached hydrogens (primary N) is 1. The topological polar surface area (TPSA) is 79.2 Å². The van der Waals surface area contributed by atoms with Gasteiger partial charge in [0.05, 0.1) is 5.92 Å². The van der Waals surface area contributed by atoms with Crippen molar-refractivity contribution >= 4 is 22.7 Å². The first-order chi connectivity index (χ1) is 10.1. The highest BCUT2D eigenvalue weighted by Gasteiger charge is 2.32. The van der Waals surface area contributed by atoms with Crippen molar-refractivity contribution in [3.63, 3.8) is 0 Å². The predicted molar refractivity (Wildman–Crippen MR) is 80.7 cm³/mol. The Morgan fingerprint density at radius 3 is 2.86 bits per heavy atom. The van der Waals surface area contributed by atoms with Gasteiger partial charge in [-0.05, 0) is 44.0 Å². The lowest BCUT2D eigenvalue weighted by Gasteiger charge is -2.37. The number of hydrogen-bond acceptors (Lipinski definition) is 2. The molecule has 110 valence electrons. The molecule has 0 aliphatic carbocycles. The maximum Gasteiger partial charge on any atom is 0.254 e. The minimum atomic E-state index is -0.319. The standard InChI is InChI=1S/C16H19N3O2/c1-10-2-3-13(15(17)20)9-19(10)16(21)12-4-5-14-11(8-12)6-7-18-14/h4-8,10,13,18H,2-3,9H2,1H3,(H2,17,20). The average molecular weight is 285 g/mol. The van der Waals surface area contributed by atoms with Gasteiger partial charge in [0, 0.05) is 35.2 Å². The molecule has 2 aromatic rings. The second kappa shape index (κ2) is 5.24. The van der Waals surface area contributed by atoms with Gasteiger partial charge < -0.3 is 15.6 Å². The lowest BCUT2D eigenvalue weighted by Crippen LogP contribution is -2.48. The molecule has 0 saturated carbocycles. The number of likely N-dealkylation sites (tertiary alicyclic amines) is 1. The highest BCUT2D eigenvalue weighted by Crippen LogP contribution is 2.24. The molecule has 2 amide bonds. The number of aromatic nitrogens is 1. The summed E-state index contributed by atoms with van der Waals surface area (Å²) in [6, 6.07) is 7.69. The van der Waals surface area contributed by atoms with Gasteiger partial charge in [-0.25, -0.2) is 0 Å². The number of hydrogen-bond donors (Lipinski definition) is 2. The number of carbonyl (C=O) groups excluding carboxylic acids is 2. The van der Waals surface area contributed by atoms with Crippen LogP contribution >= 0.6 is 0 Å². The van der Waals surface area contributed by atoms with Crippen molar-refractivity contribution in [3.05, 3.63) is 36.0 Å². The van der Waals surface area contributed by atoms with E-state index in [0.717, 1.165) is 23.7 Å².